The van der Waals surface area contributed by atoms with Gasteiger partial charge in [-0.05, 0) is 48.0 Å². The van der Waals surface area contributed by atoms with Crippen LogP contribution in [0.4, 0.5) is 0 Å². The summed E-state index contributed by atoms with van der Waals surface area (Å²) in [7, 11) is 4.39. The van der Waals surface area contributed by atoms with Gasteiger partial charge in [0.2, 0.25) is 11.5 Å². The molecule has 0 saturated heterocycles. The second-order valence-corrected chi connectivity index (χ2v) is 7.87. The zero-order valence-corrected chi connectivity index (χ0v) is 19.6. The molecule has 0 radical (unpaired) electrons. The monoisotopic (exact) mass is 510 g/mol. The molecule has 8 heteroatoms. The van der Waals surface area contributed by atoms with E-state index in [2.05, 4.69) is 15.9 Å². The number of rotatable bonds is 6. The van der Waals surface area contributed by atoms with E-state index >= 15 is 0 Å². The van der Waals surface area contributed by atoms with Crippen LogP contribution < -0.4 is 23.7 Å². The molecule has 0 N–H and O–H groups in total. The van der Waals surface area contributed by atoms with Crippen molar-refractivity contribution < 1.29 is 33.3 Å². The summed E-state index contributed by atoms with van der Waals surface area (Å²) in [6.07, 6.45) is 1.66. The van der Waals surface area contributed by atoms with Crippen LogP contribution in [0.3, 0.4) is 0 Å². The lowest BCUT2D eigenvalue weighted by Gasteiger charge is -2.13. The van der Waals surface area contributed by atoms with Gasteiger partial charge in [-0.1, -0.05) is 28.1 Å². The Morgan fingerprint density at radius 1 is 0.939 bits per heavy atom. The Balaban J connectivity index is 1.57. The Labute approximate surface area is 198 Å². The van der Waals surface area contributed by atoms with Crippen molar-refractivity contribution in [1.29, 1.82) is 0 Å². The van der Waals surface area contributed by atoms with Gasteiger partial charge in [-0.2, -0.15) is 0 Å². The maximum absolute atomic E-state index is 12.8. The number of Topliss-reactive ketones (excluding diaryl/α,β-unsaturated/α-hetero) is 1. The third-order valence-corrected chi connectivity index (χ3v) is 5.39. The standard InChI is InChI=1S/C25H19BrO7/c1-29-21-11-15(12-22(30-2)24(21)31-3)25(28)32-17-7-8-18-19(13-17)33-20(23(18)27)10-14-5-4-6-16(26)9-14/h4-13H,1-3H3/b20-10-. The molecule has 0 saturated carbocycles. The van der Waals surface area contributed by atoms with Gasteiger partial charge in [0, 0.05) is 10.5 Å². The number of carbonyl (C=O) groups excluding carboxylic acids is 2. The van der Waals surface area contributed by atoms with E-state index in [1.807, 2.05) is 24.3 Å². The summed E-state index contributed by atoms with van der Waals surface area (Å²) >= 11 is 3.41. The maximum Gasteiger partial charge on any atom is 0.343 e. The summed E-state index contributed by atoms with van der Waals surface area (Å²) < 4.78 is 28.0. The lowest BCUT2D eigenvalue weighted by atomic mass is 10.1. The molecule has 0 bridgehead atoms. The second kappa shape index (κ2) is 9.38. The number of esters is 1. The number of halogens is 1. The second-order valence-electron chi connectivity index (χ2n) is 6.96. The van der Waals surface area contributed by atoms with Crippen LogP contribution in [0.5, 0.6) is 28.7 Å². The Kier molecular flexibility index (Phi) is 6.37. The zero-order valence-electron chi connectivity index (χ0n) is 18.0. The van der Waals surface area contributed by atoms with Gasteiger partial charge >= 0.3 is 5.97 Å². The van der Waals surface area contributed by atoms with Crippen LogP contribution in [0.25, 0.3) is 6.08 Å². The van der Waals surface area contributed by atoms with Crippen molar-refractivity contribution in [1.82, 2.24) is 0 Å². The molecular weight excluding hydrogens is 492 g/mol. The summed E-state index contributed by atoms with van der Waals surface area (Å²) in [5, 5.41) is 0. The molecule has 3 aromatic carbocycles. The number of ketones is 1. The van der Waals surface area contributed by atoms with Gasteiger partial charge in [-0.3, -0.25) is 4.79 Å². The van der Waals surface area contributed by atoms with E-state index in [9.17, 15) is 9.59 Å². The first kappa shape index (κ1) is 22.4. The van der Waals surface area contributed by atoms with Crippen molar-refractivity contribution in [2.75, 3.05) is 21.3 Å². The number of carbonyl (C=O) groups is 2. The van der Waals surface area contributed by atoms with E-state index in [4.69, 9.17) is 23.7 Å². The SMILES string of the molecule is COc1cc(C(=O)Oc2ccc3c(c2)O/C(=C\c2cccc(Br)c2)C3=O)cc(OC)c1OC. The fraction of sp³-hybridized carbons (Fsp3) is 0.120. The van der Waals surface area contributed by atoms with Crippen LogP contribution in [0.2, 0.25) is 0 Å². The van der Waals surface area contributed by atoms with Crippen molar-refractivity contribution in [3.05, 3.63) is 81.5 Å². The summed E-state index contributed by atoms with van der Waals surface area (Å²) in [5.41, 5.74) is 1.41. The van der Waals surface area contributed by atoms with Crippen molar-refractivity contribution in [3.63, 3.8) is 0 Å². The molecule has 1 aliphatic rings. The highest BCUT2D eigenvalue weighted by Gasteiger charge is 2.28. The molecule has 0 aromatic heterocycles. The Morgan fingerprint density at radius 2 is 1.67 bits per heavy atom. The first-order chi connectivity index (χ1) is 15.9. The number of hydrogen-bond donors (Lipinski definition) is 0. The van der Waals surface area contributed by atoms with E-state index in [1.165, 1.54) is 45.6 Å². The molecule has 168 valence electrons. The molecule has 4 rings (SSSR count). The van der Waals surface area contributed by atoms with Gasteiger partial charge < -0.3 is 23.7 Å². The first-order valence-electron chi connectivity index (χ1n) is 9.79. The molecule has 33 heavy (non-hydrogen) atoms. The topological polar surface area (TPSA) is 80.3 Å². The largest absolute Gasteiger partial charge is 0.493 e. The molecular formula is C25H19BrO7. The van der Waals surface area contributed by atoms with E-state index in [0.29, 0.717) is 28.6 Å². The van der Waals surface area contributed by atoms with Gasteiger partial charge in [0.25, 0.3) is 0 Å². The van der Waals surface area contributed by atoms with Gasteiger partial charge in [0.1, 0.15) is 11.5 Å². The Bertz CT molecular complexity index is 1250. The number of ether oxygens (including phenoxy) is 5. The van der Waals surface area contributed by atoms with Gasteiger partial charge in [-0.15, -0.1) is 0 Å². The number of methoxy groups -OCH3 is 3. The highest BCUT2D eigenvalue weighted by Crippen LogP contribution is 2.39. The molecule has 0 aliphatic carbocycles. The van der Waals surface area contributed by atoms with Crippen LogP contribution in [0, 0.1) is 0 Å². The predicted octanol–water partition coefficient (Wildman–Crippen LogP) is 5.31. The highest BCUT2D eigenvalue weighted by molar-refractivity contribution is 9.10. The van der Waals surface area contributed by atoms with Gasteiger partial charge in [0.15, 0.2) is 17.3 Å². The van der Waals surface area contributed by atoms with Crippen LogP contribution in [-0.2, 0) is 0 Å². The van der Waals surface area contributed by atoms with E-state index < -0.39 is 5.97 Å². The molecule has 0 unspecified atom stereocenters. The number of allylic oxidation sites excluding steroid dienone is 1. The zero-order chi connectivity index (χ0) is 23.5. The van der Waals surface area contributed by atoms with Crippen molar-refractivity contribution >= 4 is 33.8 Å². The molecule has 1 heterocycles. The first-order valence-corrected chi connectivity index (χ1v) is 10.6. The number of fused-ring (bicyclic) bond motifs is 1. The summed E-state index contributed by atoms with van der Waals surface area (Å²) in [6, 6.07) is 15.1. The van der Waals surface area contributed by atoms with Crippen molar-refractivity contribution in [2.45, 2.75) is 0 Å². The molecule has 7 nitrogen and oxygen atoms in total. The van der Waals surface area contributed by atoms with Crippen molar-refractivity contribution in [3.8, 4) is 28.7 Å². The maximum atomic E-state index is 12.8. The van der Waals surface area contributed by atoms with Gasteiger partial charge in [0.05, 0.1) is 32.5 Å². The lowest BCUT2D eigenvalue weighted by Crippen LogP contribution is -2.09. The number of benzene rings is 3. The molecule has 0 atom stereocenters. The van der Waals surface area contributed by atoms with Gasteiger partial charge in [-0.25, -0.2) is 4.79 Å². The normalized spacial score (nSPS) is 13.3. The van der Waals surface area contributed by atoms with Crippen molar-refractivity contribution in [2.24, 2.45) is 0 Å². The lowest BCUT2D eigenvalue weighted by molar-refractivity contribution is 0.0733. The summed E-state index contributed by atoms with van der Waals surface area (Å²) in [4.78, 5) is 25.4. The third-order valence-electron chi connectivity index (χ3n) is 4.90. The van der Waals surface area contributed by atoms with E-state index in [0.717, 1.165) is 10.0 Å². The average Bonchev–Trinajstić information content (AvgIpc) is 3.12. The molecule has 0 amide bonds. The minimum Gasteiger partial charge on any atom is -0.493 e. The molecule has 3 aromatic rings. The van der Waals surface area contributed by atoms with Crippen LogP contribution in [0.1, 0.15) is 26.3 Å². The molecule has 0 fully saturated rings. The molecule has 1 aliphatic heterocycles. The smallest absolute Gasteiger partial charge is 0.343 e. The van der Waals surface area contributed by atoms with E-state index in [-0.39, 0.29) is 22.9 Å². The predicted molar refractivity (Wildman–Crippen MR) is 125 cm³/mol. The Morgan fingerprint density at radius 3 is 2.30 bits per heavy atom. The van der Waals surface area contributed by atoms with Crippen LogP contribution in [-0.4, -0.2) is 33.1 Å². The minimum absolute atomic E-state index is 0.191. The van der Waals surface area contributed by atoms with E-state index in [1.54, 1.807) is 12.1 Å². The Hall–Kier alpha value is -3.78. The molecule has 0 spiro atoms. The quantitative estimate of drug-likeness (QED) is 0.252. The minimum atomic E-state index is -0.636. The third kappa shape index (κ3) is 4.56. The summed E-state index contributed by atoms with van der Waals surface area (Å²) in [5.74, 6) is 0.876. The summed E-state index contributed by atoms with van der Waals surface area (Å²) in [6.45, 7) is 0. The van der Waals surface area contributed by atoms with Crippen LogP contribution in [0.15, 0.2) is 64.8 Å². The van der Waals surface area contributed by atoms with Crippen LogP contribution >= 0.6 is 15.9 Å². The fourth-order valence-corrected chi connectivity index (χ4v) is 3.76. The fourth-order valence-electron chi connectivity index (χ4n) is 3.34. The highest BCUT2D eigenvalue weighted by atomic mass is 79.9. The number of hydrogen-bond acceptors (Lipinski definition) is 7. The average molecular weight is 511 g/mol.